The van der Waals surface area contributed by atoms with Crippen molar-refractivity contribution in [3.8, 4) is 11.1 Å². The number of rotatable bonds is 2. The molecule has 0 fully saturated rings. The van der Waals surface area contributed by atoms with Crippen LogP contribution < -0.4 is 0 Å². The van der Waals surface area contributed by atoms with Gasteiger partial charge in [0.05, 0.1) is 5.56 Å². The molecular formula is C13H6ClF3O2. The van der Waals surface area contributed by atoms with E-state index in [-0.39, 0.29) is 21.7 Å². The monoisotopic (exact) mass is 286 g/mol. The molecule has 2 nitrogen and oxygen atoms in total. The van der Waals surface area contributed by atoms with Gasteiger partial charge in [-0.1, -0.05) is 11.6 Å². The zero-order chi connectivity index (χ0) is 14.2. The Morgan fingerprint density at radius 1 is 0.947 bits per heavy atom. The van der Waals surface area contributed by atoms with Crippen molar-refractivity contribution in [3.05, 3.63) is 58.4 Å². The molecule has 0 aliphatic carbocycles. The van der Waals surface area contributed by atoms with E-state index in [9.17, 15) is 18.0 Å². The van der Waals surface area contributed by atoms with Gasteiger partial charge >= 0.3 is 5.97 Å². The molecule has 0 aliphatic rings. The van der Waals surface area contributed by atoms with Gasteiger partial charge in [0.2, 0.25) is 0 Å². The molecule has 19 heavy (non-hydrogen) atoms. The van der Waals surface area contributed by atoms with Crippen molar-refractivity contribution in [1.82, 2.24) is 0 Å². The summed E-state index contributed by atoms with van der Waals surface area (Å²) < 4.78 is 39.1. The van der Waals surface area contributed by atoms with E-state index in [4.69, 9.17) is 16.7 Å². The highest BCUT2D eigenvalue weighted by Crippen LogP contribution is 2.27. The zero-order valence-electron chi connectivity index (χ0n) is 9.25. The van der Waals surface area contributed by atoms with Crippen LogP contribution in [0.5, 0.6) is 0 Å². The summed E-state index contributed by atoms with van der Waals surface area (Å²) in [5, 5.41) is 8.96. The summed E-state index contributed by atoms with van der Waals surface area (Å²) in [5.74, 6) is -5.52. The number of hydrogen-bond acceptors (Lipinski definition) is 1. The highest BCUT2D eigenvalue weighted by atomic mass is 35.5. The lowest BCUT2D eigenvalue weighted by Crippen LogP contribution is -1.97. The first-order valence-electron chi connectivity index (χ1n) is 5.07. The molecular weight excluding hydrogens is 281 g/mol. The molecule has 1 N–H and O–H groups in total. The van der Waals surface area contributed by atoms with Gasteiger partial charge in [-0.15, -0.1) is 0 Å². The Labute approximate surface area is 111 Å². The summed E-state index contributed by atoms with van der Waals surface area (Å²) in [6, 6.07) is 5.27. The average Bonchev–Trinajstić information content (AvgIpc) is 2.34. The Bertz CT molecular complexity index is 648. The topological polar surface area (TPSA) is 37.3 Å². The first-order chi connectivity index (χ1) is 8.88. The summed E-state index contributed by atoms with van der Waals surface area (Å²) in [7, 11) is 0. The minimum atomic E-state index is -1.58. The summed E-state index contributed by atoms with van der Waals surface area (Å²) in [6.45, 7) is 0. The third kappa shape index (κ3) is 2.71. The van der Waals surface area contributed by atoms with Crippen LogP contribution in [-0.2, 0) is 0 Å². The normalized spacial score (nSPS) is 10.5. The minimum Gasteiger partial charge on any atom is -0.478 e. The fourth-order valence-electron chi connectivity index (χ4n) is 1.60. The zero-order valence-corrected chi connectivity index (χ0v) is 10.0. The average molecular weight is 287 g/mol. The van der Waals surface area contributed by atoms with Gasteiger partial charge in [0.25, 0.3) is 0 Å². The Balaban J connectivity index is 2.62. The maximum Gasteiger partial charge on any atom is 0.335 e. The van der Waals surface area contributed by atoms with Crippen LogP contribution in [0.4, 0.5) is 13.2 Å². The van der Waals surface area contributed by atoms with Gasteiger partial charge in [0.1, 0.15) is 0 Å². The van der Waals surface area contributed by atoms with Gasteiger partial charge in [0.15, 0.2) is 17.5 Å². The van der Waals surface area contributed by atoms with Crippen LogP contribution in [0.2, 0.25) is 5.02 Å². The van der Waals surface area contributed by atoms with E-state index in [1.54, 1.807) is 0 Å². The summed E-state index contributed by atoms with van der Waals surface area (Å²) >= 11 is 5.73. The molecule has 0 aromatic heterocycles. The van der Waals surface area contributed by atoms with Crippen LogP contribution >= 0.6 is 11.6 Å². The fourth-order valence-corrected chi connectivity index (χ4v) is 1.84. The predicted octanol–water partition coefficient (Wildman–Crippen LogP) is 4.12. The number of aromatic carboxylic acids is 1. The molecule has 0 spiro atoms. The fraction of sp³-hybridized carbons (Fsp3) is 0. The number of hydrogen-bond donors (Lipinski definition) is 1. The molecule has 0 bridgehead atoms. The van der Waals surface area contributed by atoms with Crippen molar-refractivity contribution >= 4 is 17.6 Å². The molecule has 0 aliphatic heterocycles. The predicted molar refractivity (Wildman–Crippen MR) is 63.7 cm³/mol. The lowest BCUT2D eigenvalue weighted by atomic mass is 10.0. The van der Waals surface area contributed by atoms with Gasteiger partial charge in [-0.25, -0.2) is 18.0 Å². The second-order valence-corrected chi connectivity index (χ2v) is 4.22. The smallest absolute Gasteiger partial charge is 0.335 e. The molecule has 0 saturated carbocycles. The van der Waals surface area contributed by atoms with Gasteiger partial charge in [-0.2, -0.15) is 0 Å². The quantitative estimate of drug-likeness (QED) is 0.843. The van der Waals surface area contributed by atoms with Gasteiger partial charge < -0.3 is 5.11 Å². The third-order valence-electron chi connectivity index (χ3n) is 2.46. The van der Waals surface area contributed by atoms with Crippen molar-refractivity contribution < 1.29 is 23.1 Å². The first kappa shape index (κ1) is 13.4. The van der Waals surface area contributed by atoms with E-state index in [2.05, 4.69) is 0 Å². The second-order valence-electron chi connectivity index (χ2n) is 3.79. The maximum atomic E-state index is 13.1. The lowest BCUT2D eigenvalue weighted by molar-refractivity contribution is 0.0697. The molecule has 2 rings (SSSR count). The third-order valence-corrected chi connectivity index (χ3v) is 2.68. The lowest BCUT2D eigenvalue weighted by Gasteiger charge is -2.06. The number of halogens is 4. The second kappa shape index (κ2) is 4.93. The van der Waals surface area contributed by atoms with E-state index in [1.807, 2.05) is 0 Å². The van der Waals surface area contributed by atoms with Crippen molar-refractivity contribution in [2.75, 3.05) is 0 Å². The Morgan fingerprint density at radius 3 is 2.00 bits per heavy atom. The summed E-state index contributed by atoms with van der Waals surface area (Å²) in [5.41, 5.74) is 0.0525. The SMILES string of the molecule is O=C(O)c1cc(Cl)cc(-c2cc(F)c(F)c(F)c2)c1. The van der Waals surface area contributed by atoms with Crippen molar-refractivity contribution in [2.24, 2.45) is 0 Å². The summed E-state index contributed by atoms with van der Waals surface area (Å²) in [4.78, 5) is 10.9. The molecule has 2 aromatic carbocycles. The largest absolute Gasteiger partial charge is 0.478 e. The van der Waals surface area contributed by atoms with Crippen molar-refractivity contribution in [1.29, 1.82) is 0 Å². The molecule has 0 saturated heterocycles. The van der Waals surface area contributed by atoms with Crippen LogP contribution in [0, 0.1) is 17.5 Å². The molecule has 6 heteroatoms. The van der Waals surface area contributed by atoms with E-state index >= 15 is 0 Å². The Hall–Kier alpha value is -2.01. The molecule has 98 valence electrons. The van der Waals surface area contributed by atoms with Gasteiger partial charge in [0, 0.05) is 5.02 Å². The first-order valence-corrected chi connectivity index (χ1v) is 5.45. The van der Waals surface area contributed by atoms with Crippen LogP contribution in [0.1, 0.15) is 10.4 Å². The van der Waals surface area contributed by atoms with Crippen LogP contribution in [0.25, 0.3) is 11.1 Å². The van der Waals surface area contributed by atoms with E-state index in [1.165, 1.54) is 18.2 Å². The molecule has 0 unspecified atom stereocenters. The molecule has 0 radical (unpaired) electrons. The number of carbonyl (C=O) groups is 1. The molecule has 2 aromatic rings. The van der Waals surface area contributed by atoms with E-state index in [0.717, 1.165) is 12.1 Å². The number of benzene rings is 2. The minimum absolute atomic E-state index is 0.00130. The number of carboxylic acid groups (broad SMARTS) is 1. The van der Waals surface area contributed by atoms with Crippen LogP contribution in [0.15, 0.2) is 30.3 Å². The molecule has 0 amide bonds. The van der Waals surface area contributed by atoms with Crippen LogP contribution in [0.3, 0.4) is 0 Å². The van der Waals surface area contributed by atoms with Crippen LogP contribution in [-0.4, -0.2) is 11.1 Å². The van der Waals surface area contributed by atoms with Gasteiger partial charge in [-0.3, -0.25) is 0 Å². The molecule has 0 atom stereocenters. The maximum absolute atomic E-state index is 13.1. The highest BCUT2D eigenvalue weighted by Gasteiger charge is 2.13. The Kier molecular flexibility index (Phi) is 3.48. The van der Waals surface area contributed by atoms with Gasteiger partial charge in [-0.05, 0) is 41.5 Å². The number of carboxylic acids is 1. The molecule has 0 heterocycles. The van der Waals surface area contributed by atoms with Crippen molar-refractivity contribution in [3.63, 3.8) is 0 Å². The summed E-state index contributed by atoms with van der Waals surface area (Å²) in [6.07, 6.45) is 0. The highest BCUT2D eigenvalue weighted by molar-refractivity contribution is 6.31. The Morgan fingerprint density at radius 2 is 1.47 bits per heavy atom. The van der Waals surface area contributed by atoms with E-state index < -0.39 is 23.4 Å². The van der Waals surface area contributed by atoms with E-state index in [0.29, 0.717) is 0 Å². The standard InChI is InChI=1S/C13H6ClF3O2/c14-9-2-6(1-8(3-9)13(18)19)7-4-10(15)12(17)11(16)5-7/h1-5H,(H,18,19). The van der Waals surface area contributed by atoms with Crippen molar-refractivity contribution in [2.45, 2.75) is 0 Å².